The number of ether oxygens (including phenoxy) is 1. The third-order valence-electron chi connectivity index (χ3n) is 7.32. The van der Waals surface area contributed by atoms with E-state index in [0.29, 0.717) is 24.3 Å². The molecule has 200 valence electrons. The van der Waals surface area contributed by atoms with E-state index in [1.165, 1.54) is 0 Å². The van der Waals surface area contributed by atoms with Crippen molar-refractivity contribution in [2.45, 2.75) is 56.0 Å². The molecule has 1 saturated carbocycles. The van der Waals surface area contributed by atoms with Crippen molar-refractivity contribution in [2.75, 3.05) is 13.2 Å². The van der Waals surface area contributed by atoms with E-state index >= 15 is 0 Å². The van der Waals surface area contributed by atoms with Gasteiger partial charge in [-0.25, -0.2) is 9.69 Å². The molecule has 0 heterocycles. The number of hydrogen-bond acceptors (Lipinski definition) is 8. The summed E-state index contributed by atoms with van der Waals surface area (Å²) in [7, 11) is 0. The van der Waals surface area contributed by atoms with Gasteiger partial charge in [-0.15, -0.1) is 0 Å². The number of unbranched alkanes of at least 4 members (excludes halogenated alkanes) is 1. The molecule has 2 aromatic rings. The smallest absolute Gasteiger partial charge is 0.417 e. The summed E-state index contributed by atoms with van der Waals surface area (Å²) in [5.74, 6) is -4.52. The number of carboxylic acid groups (broad SMARTS) is 1. The van der Waals surface area contributed by atoms with Gasteiger partial charge in [0.2, 0.25) is 5.91 Å². The first-order valence-corrected chi connectivity index (χ1v) is 12.7. The number of imide groups is 1. The largest absolute Gasteiger partial charge is 0.481 e. The maximum Gasteiger partial charge on any atom is 0.417 e. The number of hydrogen-bond donors (Lipinski definition) is 3. The molecule has 10 nitrogen and oxygen atoms in total. The molecular formula is C28H31N3O7. The van der Waals surface area contributed by atoms with Gasteiger partial charge >= 0.3 is 12.1 Å². The highest BCUT2D eigenvalue weighted by molar-refractivity contribution is 6.23. The highest BCUT2D eigenvalue weighted by atomic mass is 16.6. The first-order chi connectivity index (χ1) is 18.2. The van der Waals surface area contributed by atoms with Gasteiger partial charge in [-0.05, 0) is 41.6 Å². The van der Waals surface area contributed by atoms with Crippen LogP contribution in [0.1, 0.15) is 55.6 Å². The maximum atomic E-state index is 13.6. The molecule has 0 aromatic heterocycles. The number of nitrogens with zero attached hydrogens (tertiary/aromatic N) is 1. The van der Waals surface area contributed by atoms with E-state index in [0.717, 1.165) is 22.3 Å². The highest BCUT2D eigenvalue weighted by Crippen LogP contribution is 2.44. The molecule has 5 N–H and O–H groups in total. The van der Waals surface area contributed by atoms with Gasteiger partial charge in [0.15, 0.2) is 17.1 Å². The number of aliphatic carboxylic acids is 1. The topological polar surface area (TPSA) is 170 Å². The Hall–Kier alpha value is -3.89. The predicted octanol–water partition coefficient (Wildman–Crippen LogP) is 2.37. The zero-order valence-electron chi connectivity index (χ0n) is 20.9. The molecular weight excluding hydrogens is 490 g/mol. The molecule has 2 aliphatic rings. The number of fused-ring (bicyclic) bond motifs is 3. The number of carbonyl (C=O) groups is 5. The molecule has 0 bridgehead atoms. The van der Waals surface area contributed by atoms with Crippen molar-refractivity contribution in [2.24, 2.45) is 11.5 Å². The molecule has 0 saturated heterocycles. The average molecular weight is 522 g/mol. The van der Waals surface area contributed by atoms with Crippen molar-refractivity contribution in [3.05, 3.63) is 59.7 Å². The van der Waals surface area contributed by atoms with Crippen LogP contribution in [0.15, 0.2) is 48.5 Å². The zero-order chi connectivity index (χ0) is 27.4. The van der Waals surface area contributed by atoms with E-state index in [-0.39, 0.29) is 31.8 Å². The Kier molecular flexibility index (Phi) is 8.03. The molecule has 10 heteroatoms. The Morgan fingerprint density at radius 3 is 2.05 bits per heavy atom. The minimum Gasteiger partial charge on any atom is -0.481 e. The van der Waals surface area contributed by atoms with E-state index in [2.05, 4.69) is 0 Å². The Balaban J connectivity index is 1.66. The fourth-order valence-electron chi connectivity index (χ4n) is 5.43. The first-order valence-electron chi connectivity index (χ1n) is 12.7. The lowest BCUT2D eigenvalue weighted by Gasteiger charge is -2.36. The molecule has 38 heavy (non-hydrogen) atoms. The van der Waals surface area contributed by atoms with Gasteiger partial charge in [0.05, 0.1) is 12.5 Å². The number of benzene rings is 2. The summed E-state index contributed by atoms with van der Waals surface area (Å²) >= 11 is 0. The van der Waals surface area contributed by atoms with Crippen LogP contribution in [0.4, 0.5) is 4.79 Å². The third kappa shape index (κ3) is 4.84. The predicted molar refractivity (Wildman–Crippen MR) is 137 cm³/mol. The van der Waals surface area contributed by atoms with Crippen LogP contribution in [0, 0.1) is 0 Å². The van der Waals surface area contributed by atoms with Crippen molar-refractivity contribution in [3.63, 3.8) is 0 Å². The van der Waals surface area contributed by atoms with Crippen LogP contribution in [0.2, 0.25) is 0 Å². The first kappa shape index (κ1) is 27.2. The second kappa shape index (κ2) is 11.2. The quantitative estimate of drug-likeness (QED) is 0.314. The molecule has 4 rings (SSSR count). The fraction of sp³-hybridized carbons (Fsp3) is 0.393. The molecule has 0 radical (unpaired) electrons. The normalized spacial score (nSPS) is 16.6. The summed E-state index contributed by atoms with van der Waals surface area (Å²) < 4.78 is 5.61. The van der Waals surface area contributed by atoms with E-state index in [9.17, 15) is 29.1 Å². The van der Waals surface area contributed by atoms with Crippen LogP contribution >= 0.6 is 0 Å². The van der Waals surface area contributed by atoms with E-state index in [4.69, 9.17) is 16.2 Å². The number of Topliss-reactive ketones (excluding diaryl/α,β-unsaturated/α-hetero) is 2. The SMILES string of the molecule is NCCCC[C@H](N)C(=O)N(C(=O)OCC1c2ccccc2-c2ccccc21)C1(CC(=O)O)C(=O)CCC1=O. The van der Waals surface area contributed by atoms with Gasteiger partial charge in [-0.2, -0.15) is 0 Å². The number of amides is 2. The highest BCUT2D eigenvalue weighted by Gasteiger charge is 2.60. The Bertz CT molecular complexity index is 1210. The number of carbonyl (C=O) groups excluding carboxylic acids is 4. The van der Waals surface area contributed by atoms with E-state index in [1.807, 2.05) is 48.5 Å². The standard InChI is InChI=1S/C28H31N3O7/c29-14-6-5-11-22(30)26(36)31(28(15-25(34)35)23(32)12-13-24(28)33)27(37)38-16-21-19-9-3-1-7-17(19)18-8-2-4-10-20(18)21/h1-4,7-10,21-22H,5-6,11-16,29-30H2,(H,34,35)/t22-/m0/s1. The average Bonchev–Trinajstić information content (AvgIpc) is 3.37. The van der Waals surface area contributed by atoms with Crippen molar-refractivity contribution < 1.29 is 33.8 Å². The van der Waals surface area contributed by atoms with Gasteiger partial charge in [0.25, 0.3) is 0 Å². The second-order valence-corrected chi connectivity index (χ2v) is 9.65. The van der Waals surface area contributed by atoms with Crippen LogP contribution in [-0.2, 0) is 23.9 Å². The monoisotopic (exact) mass is 521 g/mol. The molecule has 1 fully saturated rings. The minimum atomic E-state index is -2.49. The summed E-state index contributed by atoms with van der Waals surface area (Å²) in [6, 6.07) is 14.1. The molecule has 0 unspecified atom stereocenters. The number of rotatable bonds is 10. The van der Waals surface area contributed by atoms with Crippen molar-refractivity contribution in [3.8, 4) is 11.1 Å². The van der Waals surface area contributed by atoms with Crippen LogP contribution in [0.5, 0.6) is 0 Å². The van der Waals surface area contributed by atoms with Gasteiger partial charge in [-0.3, -0.25) is 19.2 Å². The van der Waals surface area contributed by atoms with Crippen LogP contribution in [0.25, 0.3) is 11.1 Å². The van der Waals surface area contributed by atoms with Crippen LogP contribution < -0.4 is 11.5 Å². The lowest BCUT2D eigenvalue weighted by molar-refractivity contribution is -0.155. The zero-order valence-corrected chi connectivity index (χ0v) is 20.9. The third-order valence-corrected chi connectivity index (χ3v) is 7.32. The molecule has 2 aliphatic carbocycles. The van der Waals surface area contributed by atoms with Crippen molar-refractivity contribution in [1.82, 2.24) is 4.90 Å². The van der Waals surface area contributed by atoms with E-state index in [1.54, 1.807) is 0 Å². The molecule has 2 amide bonds. The fourth-order valence-corrected chi connectivity index (χ4v) is 5.43. The van der Waals surface area contributed by atoms with Gasteiger partial charge < -0.3 is 21.3 Å². The summed E-state index contributed by atoms with van der Waals surface area (Å²) in [6.07, 6.45) is -1.70. The minimum absolute atomic E-state index is 0.134. The lowest BCUT2D eigenvalue weighted by Crippen LogP contribution is -2.65. The Morgan fingerprint density at radius 2 is 1.53 bits per heavy atom. The van der Waals surface area contributed by atoms with Crippen molar-refractivity contribution in [1.29, 1.82) is 0 Å². The lowest BCUT2D eigenvalue weighted by atomic mass is 9.88. The van der Waals surface area contributed by atoms with E-state index < -0.39 is 47.5 Å². The molecule has 2 aromatic carbocycles. The molecule has 0 spiro atoms. The van der Waals surface area contributed by atoms with Crippen molar-refractivity contribution >= 4 is 29.5 Å². The summed E-state index contributed by atoms with van der Waals surface area (Å²) in [5, 5.41) is 9.58. The van der Waals surface area contributed by atoms with Gasteiger partial charge in [0.1, 0.15) is 6.61 Å². The van der Waals surface area contributed by atoms with Crippen LogP contribution in [0.3, 0.4) is 0 Å². The summed E-state index contributed by atoms with van der Waals surface area (Å²) in [5.41, 5.74) is 12.9. The number of nitrogens with two attached hydrogens (primary N) is 2. The number of carboxylic acids is 1. The number of ketones is 2. The van der Waals surface area contributed by atoms with Crippen LogP contribution in [-0.4, -0.2) is 64.3 Å². The Morgan fingerprint density at radius 1 is 0.974 bits per heavy atom. The van der Waals surface area contributed by atoms with Gasteiger partial charge in [-0.1, -0.05) is 55.0 Å². The summed E-state index contributed by atoms with van der Waals surface area (Å²) in [4.78, 5) is 65.3. The summed E-state index contributed by atoms with van der Waals surface area (Å²) in [6.45, 7) is 0.182. The van der Waals surface area contributed by atoms with Gasteiger partial charge in [0, 0.05) is 18.8 Å². The second-order valence-electron chi connectivity index (χ2n) is 9.65. The Labute approximate surface area is 219 Å². The molecule has 0 aliphatic heterocycles. The molecule has 1 atom stereocenters. The maximum absolute atomic E-state index is 13.6.